The Bertz CT molecular complexity index is 1150. The van der Waals surface area contributed by atoms with E-state index in [1.807, 2.05) is 79.9 Å². The lowest BCUT2D eigenvalue weighted by Gasteiger charge is -2.23. The van der Waals surface area contributed by atoms with E-state index in [2.05, 4.69) is 6.92 Å². The lowest BCUT2D eigenvalue weighted by atomic mass is 10.00. The predicted octanol–water partition coefficient (Wildman–Crippen LogP) is 7.21. The first kappa shape index (κ1) is 25.6. The minimum Gasteiger partial charge on any atom is -0.497 e. The van der Waals surface area contributed by atoms with Gasteiger partial charge < -0.3 is 4.74 Å². The quantitative estimate of drug-likeness (QED) is 0.259. The van der Waals surface area contributed by atoms with E-state index < -0.39 is 10.0 Å². The van der Waals surface area contributed by atoms with Crippen LogP contribution in [0.5, 0.6) is 5.75 Å². The molecular weight excluding hydrogens is 442 g/mol. The van der Waals surface area contributed by atoms with Gasteiger partial charge in [0, 0.05) is 6.20 Å². The number of benzene rings is 3. The van der Waals surface area contributed by atoms with Gasteiger partial charge in [0.25, 0.3) is 10.0 Å². The summed E-state index contributed by atoms with van der Waals surface area (Å²) in [7, 11) is -2.09. The Labute approximate surface area is 205 Å². The third-order valence-corrected chi connectivity index (χ3v) is 7.59. The fraction of sp³-hybridized carbons (Fsp3) is 0.310. The minimum absolute atomic E-state index is 0.270. The van der Waals surface area contributed by atoms with Gasteiger partial charge in [-0.1, -0.05) is 86.3 Å². The van der Waals surface area contributed by atoms with Gasteiger partial charge in [-0.05, 0) is 60.7 Å². The first-order chi connectivity index (χ1) is 16.4. The highest BCUT2D eigenvalue weighted by Crippen LogP contribution is 2.28. The normalized spacial score (nSPS) is 11.9. The van der Waals surface area contributed by atoms with Crippen molar-refractivity contribution in [1.29, 1.82) is 0 Å². The van der Waals surface area contributed by atoms with Gasteiger partial charge in [0.15, 0.2) is 0 Å². The molecule has 0 saturated carbocycles. The van der Waals surface area contributed by atoms with Crippen LogP contribution in [-0.4, -0.2) is 19.8 Å². The standard InChI is InChI=1S/C29H35NO3S/c1-4-5-6-10-13-27(26-16-18-28(33-3)19-17-26)23-30(22-25-11-8-7-9-12-25)34(31,32)29-20-14-24(2)15-21-29/h7-9,11-12,14-21,23H,4-6,10,13,22H2,1-3H3/b27-23+. The molecule has 0 aliphatic heterocycles. The summed E-state index contributed by atoms with van der Waals surface area (Å²) < 4.78 is 34.3. The Morgan fingerprint density at radius 3 is 2.18 bits per heavy atom. The number of nitrogens with zero attached hydrogens (tertiary/aromatic N) is 1. The molecule has 0 aromatic heterocycles. The summed E-state index contributed by atoms with van der Waals surface area (Å²) in [6.07, 6.45) is 7.09. The van der Waals surface area contributed by atoms with E-state index in [1.165, 1.54) is 10.7 Å². The van der Waals surface area contributed by atoms with E-state index in [0.29, 0.717) is 4.90 Å². The Morgan fingerprint density at radius 2 is 1.56 bits per heavy atom. The van der Waals surface area contributed by atoms with Crippen molar-refractivity contribution in [3.8, 4) is 5.75 Å². The van der Waals surface area contributed by atoms with Crippen LogP contribution in [0.1, 0.15) is 55.7 Å². The monoisotopic (exact) mass is 477 g/mol. The largest absolute Gasteiger partial charge is 0.497 e. The van der Waals surface area contributed by atoms with Crippen LogP contribution in [0.15, 0.2) is 90.0 Å². The molecule has 3 aromatic carbocycles. The minimum atomic E-state index is -3.73. The van der Waals surface area contributed by atoms with E-state index in [1.54, 1.807) is 19.2 Å². The van der Waals surface area contributed by atoms with E-state index in [9.17, 15) is 8.42 Å². The fourth-order valence-electron chi connectivity index (χ4n) is 3.81. The molecule has 0 unspecified atom stereocenters. The van der Waals surface area contributed by atoms with Gasteiger partial charge >= 0.3 is 0 Å². The number of ether oxygens (including phenoxy) is 1. The number of hydrogen-bond acceptors (Lipinski definition) is 3. The number of sulfonamides is 1. The second-order valence-electron chi connectivity index (χ2n) is 8.54. The van der Waals surface area contributed by atoms with Crippen LogP contribution in [0.3, 0.4) is 0 Å². The summed E-state index contributed by atoms with van der Waals surface area (Å²) in [5, 5.41) is 0. The fourth-order valence-corrected chi connectivity index (χ4v) is 5.15. The zero-order valence-corrected chi connectivity index (χ0v) is 21.2. The summed E-state index contributed by atoms with van der Waals surface area (Å²) in [4.78, 5) is 0.297. The van der Waals surface area contributed by atoms with Crippen LogP contribution < -0.4 is 4.74 Å². The second-order valence-corrected chi connectivity index (χ2v) is 10.4. The molecule has 5 heteroatoms. The molecule has 0 radical (unpaired) electrons. The first-order valence-corrected chi connectivity index (χ1v) is 13.4. The molecule has 180 valence electrons. The van der Waals surface area contributed by atoms with Gasteiger partial charge in [0.05, 0.1) is 18.6 Å². The second kappa shape index (κ2) is 12.4. The van der Waals surface area contributed by atoms with Gasteiger partial charge in [-0.3, -0.25) is 4.31 Å². The van der Waals surface area contributed by atoms with Crippen LogP contribution in [0.2, 0.25) is 0 Å². The molecular formula is C29H35NO3S. The number of allylic oxidation sites excluding steroid dienone is 1. The maximum Gasteiger partial charge on any atom is 0.264 e. The number of unbranched alkanes of at least 4 members (excludes halogenated alkanes) is 3. The van der Waals surface area contributed by atoms with Crippen molar-refractivity contribution >= 4 is 15.6 Å². The summed E-state index contributed by atoms with van der Waals surface area (Å²) in [6, 6.07) is 24.6. The number of rotatable bonds is 12. The average Bonchev–Trinajstić information content (AvgIpc) is 2.86. The Balaban J connectivity index is 2.04. The maximum absolute atomic E-state index is 13.8. The molecule has 3 aromatic rings. The summed E-state index contributed by atoms with van der Waals surface area (Å²) >= 11 is 0. The van der Waals surface area contributed by atoms with E-state index >= 15 is 0 Å². The van der Waals surface area contributed by atoms with Crippen molar-refractivity contribution in [3.63, 3.8) is 0 Å². The molecule has 3 rings (SSSR count). The number of methoxy groups -OCH3 is 1. The molecule has 0 saturated heterocycles. The van der Waals surface area contributed by atoms with Crippen molar-refractivity contribution in [2.24, 2.45) is 0 Å². The topological polar surface area (TPSA) is 46.6 Å². The van der Waals surface area contributed by atoms with Gasteiger partial charge in [-0.15, -0.1) is 0 Å². The third kappa shape index (κ3) is 6.97. The van der Waals surface area contributed by atoms with Crippen molar-refractivity contribution in [1.82, 2.24) is 4.31 Å². The molecule has 34 heavy (non-hydrogen) atoms. The predicted molar refractivity (Wildman–Crippen MR) is 140 cm³/mol. The van der Waals surface area contributed by atoms with Crippen molar-refractivity contribution in [2.45, 2.75) is 57.4 Å². The molecule has 0 heterocycles. The molecule has 0 aliphatic rings. The van der Waals surface area contributed by atoms with Gasteiger partial charge in [-0.25, -0.2) is 8.42 Å². The lowest BCUT2D eigenvalue weighted by Crippen LogP contribution is -2.26. The SMILES string of the molecule is CCCCCC/C(=C\N(Cc1ccccc1)S(=O)(=O)c1ccc(C)cc1)c1ccc(OC)cc1. The Kier molecular flexibility index (Phi) is 9.34. The maximum atomic E-state index is 13.8. The zero-order valence-electron chi connectivity index (χ0n) is 20.4. The highest BCUT2D eigenvalue weighted by molar-refractivity contribution is 7.89. The van der Waals surface area contributed by atoms with E-state index in [0.717, 1.165) is 53.7 Å². The molecule has 0 aliphatic carbocycles. The van der Waals surface area contributed by atoms with Gasteiger partial charge in [0.1, 0.15) is 5.75 Å². The van der Waals surface area contributed by atoms with Crippen molar-refractivity contribution in [2.75, 3.05) is 7.11 Å². The average molecular weight is 478 g/mol. The number of hydrogen-bond donors (Lipinski definition) is 0. The van der Waals surface area contributed by atoms with Crippen molar-refractivity contribution in [3.05, 3.63) is 102 Å². The van der Waals surface area contributed by atoms with Crippen molar-refractivity contribution < 1.29 is 13.2 Å². The Hall–Kier alpha value is -3.05. The van der Waals surface area contributed by atoms with Crippen LogP contribution in [0.25, 0.3) is 5.57 Å². The zero-order chi connectivity index (χ0) is 24.4. The molecule has 0 bridgehead atoms. The van der Waals surface area contributed by atoms with E-state index in [4.69, 9.17) is 4.74 Å². The Morgan fingerprint density at radius 1 is 0.882 bits per heavy atom. The molecule has 0 amide bonds. The smallest absolute Gasteiger partial charge is 0.264 e. The van der Waals surface area contributed by atoms with Crippen LogP contribution in [-0.2, 0) is 16.6 Å². The molecule has 4 nitrogen and oxygen atoms in total. The molecule has 0 fully saturated rings. The van der Waals surface area contributed by atoms with E-state index in [-0.39, 0.29) is 6.54 Å². The number of aryl methyl sites for hydroxylation is 1. The summed E-state index contributed by atoms with van der Waals surface area (Å²) in [5.41, 5.74) is 3.98. The highest BCUT2D eigenvalue weighted by atomic mass is 32.2. The molecule has 0 atom stereocenters. The lowest BCUT2D eigenvalue weighted by molar-refractivity contribution is 0.415. The van der Waals surface area contributed by atoms with Gasteiger partial charge in [-0.2, -0.15) is 0 Å². The van der Waals surface area contributed by atoms with Crippen LogP contribution in [0, 0.1) is 6.92 Å². The van der Waals surface area contributed by atoms with Gasteiger partial charge in [0.2, 0.25) is 0 Å². The van der Waals surface area contributed by atoms with Crippen LogP contribution in [0.4, 0.5) is 0 Å². The first-order valence-electron chi connectivity index (χ1n) is 11.9. The highest BCUT2D eigenvalue weighted by Gasteiger charge is 2.23. The van der Waals surface area contributed by atoms with Crippen LogP contribution >= 0.6 is 0 Å². The third-order valence-electron chi connectivity index (χ3n) is 5.87. The molecule has 0 spiro atoms. The summed E-state index contributed by atoms with van der Waals surface area (Å²) in [5.74, 6) is 0.780. The molecule has 0 N–H and O–H groups in total. The summed E-state index contributed by atoms with van der Waals surface area (Å²) in [6.45, 7) is 4.41.